The van der Waals surface area contributed by atoms with Gasteiger partial charge in [0.25, 0.3) is 0 Å². The van der Waals surface area contributed by atoms with Gasteiger partial charge in [0.15, 0.2) is 0 Å². The third-order valence-corrected chi connectivity index (χ3v) is 4.89. The maximum Gasteiger partial charge on any atom is 0.0627 e. The number of aryl methyl sites for hydroxylation is 6. The van der Waals surface area contributed by atoms with Gasteiger partial charge in [0.2, 0.25) is 0 Å². The summed E-state index contributed by atoms with van der Waals surface area (Å²) in [5.41, 5.74) is 6.92. The van der Waals surface area contributed by atoms with Gasteiger partial charge in [-0.1, -0.05) is 13.3 Å². The topological polar surface area (TPSA) is 56.7 Å². The molecular formula is C20H31N7. The highest BCUT2D eigenvalue weighted by Gasteiger charge is 2.16. The van der Waals surface area contributed by atoms with E-state index in [9.17, 15) is 0 Å². The van der Waals surface area contributed by atoms with Crippen LogP contribution in [0.1, 0.15) is 47.5 Å². The van der Waals surface area contributed by atoms with E-state index in [4.69, 9.17) is 0 Å². The fourth-order valence-electron chi connectivity index (χ4n) is 3.58. The molecule has 0 spiro atoms. The Morgan fingerprint density at radius 2 is 1.19 bits per heavy atom. The van der Waals surface area contributed by atoms with E-state index in [-0.39, 0.29) is 0 Å². The second-order valence-corrected chi connectivity index (χ2v) is 7.45. The summed E-state index contributed by atoms with van der Waals surface area (Å²) in [5.74, 6) is 0. The fraction of sp³-hybridized carbons (Fsp3) is 0.550. The average molecular weight is 370 g/mol. The van der Waals surface area contributed by atoms with Gasteiger partial charge < -0.3 is 0 Å². The van der Waals surface area contributed by atoms with Crippen LogP contribution >= 0.6 is 0 Å². The van der Waals surface area contributed by atoms with Crippen LogP contribution in [0.4, 0.5) is 0 Å². The molecule has 3 rings (SSSR count). The number of rotatable bonds is 8. The van der Waals surface area contributed by atoms with Gasteiger partial charge in [0.1, 0.15) is 0 Å². The van der Waals surface area contributed by atoms with Gasteiger partial charge in [-0.3, -0.25) is 18.9 Å². The van der Waals surface area contributed by atoms with Crippen LogP contribution in [-0.4, -0.2) is 34.2 Å². The summed E-state index contributed by atoms with van der Waals surface area (Å²) in [6, 6.07) is 6.56. The lowest BCUT2D eigenvalue weighted by Gasteiger charge is -2.22. The van der Waals surface area contributed by atoms with E-state index < -0.39 is 0 Å². The number of nitrogens with zero attached hydrogens (tertiary/aromatic N) is 7. The lowest BCUT2D eigenvalue weighted by molar-refractivity contribution is 0.228. The normalized spacial score (nSPS) is 11.7. The van der Waals surface area contributed by atoms with E-state index >= 15 is 0 Å². The Hall–Kier alpha value is -2.41. The maximum atomic E-state index is 4.67. The lowest BCUT2D eigenvalue weighted by atomic mass is 10.2. The van der Waals surface area contributed by atoms with Crippen molar-refractivity contribution in [2.75, 3.05) is 0 Å². The minimum Gasteiger partial charge on any atom is -0.286 e. The Kier molecular flexibility index (Phi) is 5.79. The molecular weight excluding hydrogens is 338 g/mol. The van der Waals surface area contributed by atoms with E-state index in [1.54, 1.807) is 0 Å². The molecule has 0 aliphatic heterocycles. The largest absolute Gasteiger partial charge is 0.286 e. The van der Waals surface area contributed by atoms with Crippen LogP contribution in [0, 0.1) is 13.8 Å². The molecule has 7 nitrogen and oxygen atoms in total. The third kappa shape index (κ3) is 4.66. The highest BCUT2D eigenvalue weighted by molar-refractivity contribution is 5.14. The van der Waals surface area contributed by atoms with Gasteiger partial charge in [-0.25, -0.2) is 0 Å². The third-order valence-electron chi connectivity index (χ3n) is 4.89. The van der Waals surface area contributed by atoms with Crippen LogP contribution < -0.4 is 0 Å². The molecule has 0 atom stereocenters. The van der Waals surface area contributed by atoms with Crippen molar-refractivity contribution in [3.63, 3.8) is 0 Å². The summed E-state index contributed by atoms with van der Waals surface area (Å²) in [5, 5.41) is 13.7. The molecule has 27 heavy (non-hydrogen) atoms. The van der Waals surface area contributed by atoms with Crippen molar-refractivity contribution in [1.29, 1.82) is 0 Å². The lowest BCUT2D eigenvalue weighted by Crippen LogP contribution is -2.26. The monoisotopic (exact) mass is 369 g/mol. The molecule has 0 aliphatic carbocycles. The molecule has 3 heterocycles. The predicted octanol–water partition coefficient (Wildman–Crippen LogP) is 2.66. The summed E-state index contributed by atoms with van der Waals surface area (Å²) in [4.78, 5) is 2.43. The first-order valence-corrected chi connectivity index (χ1v) is 9.59. The highest BCUT2D eigenvalue weighted by Crippen LogP contribution is 2.16. The molecule has 3 aromatic heterocycles. The minimum atomic E-state index is 0.829. The van der Waals surface area contributed by atoms with E-state index in [0.29, 0.717) is 0 Å². The van der Waals surface area contributed by atoms with Crippen LogP contribution in [0.3, 0.4) is 0 Å². The predicted molar refractivity (Wildman–Crippen MR) is 106 cm³/mol. The first-order valence-electron chi connectivity index (χ1n) is 9.59. The molecule has 0 aliphatic rings. The van der Waals surface area contributed by atoms with Crippen molar-refractivity contribution < 1.29 is 0 Å². The zero-order chi connectivity index (χ0) is 19.6. The van der Waals surface area contributed by atoms with E-state index in [0.717, 1.165) is 43.9 Å². The van der Waals surface area contributed by atoms with E-state index in [1.807, 2.05) is 49.0 Å². The van der Waals surface area contributed by atoms with Gasteiger partial charge in [-0.2, -0.15) is 15.3 Å². The van der Waals surface area contributed by atoms with Crippen molar-refractivity contribution in [3.05, 3.63) is 52.4 Å². The number of hydrogen-bond donors (Lipinski definition) is 0. The summed E-state index contributed by atoms with van der Waals surface area (Å²) >= 11 is 0. The Bertz CT molecular complexity index is 851. The molecule has 0 fully saturated rings. The summed E-state index contributed by atoms with van der Waals surface area (Å²) in [6.45, 7) is 8.76. The van der Waals surface area contributed by atoms with Crippen molar-refractivity contribution >= 4 is 0 Å². The van der Waals surface area contributed by atoms with Gasteiger partial charge in [0.05, 0.1) is 34.2 Å². The van der Waals surface area contributed by atoms with Crippen molar-refractivity contribution in [2.24, 2.45) is 21.1 Å². The van der Waals surface area contributed by atoms with Crippen molar-refractivity contribution in [2.45, 2.75) is 53.2 Å². The average Bonchev–Trinajstić information content (AvgIpc) is 3.19. The zero-order valence-electron chi connectivity index (χ0n) is 17.4. The first-order chi connectivity index (χ1) is 12.9. The van der Waals surface area contributed by atoms with Gasteiger partial charge >= 0.3 is 0 Å². The van der Waals surface area contributed by atoms with E-state index in [1.165, 1.54) is 22.8 Å². The summed E-state index contributed by atoms with van der Waals surface area (Å²) < 4.78 is 5.96. The second kappa shape index (κ2) is 8.08. The van der Waals surface area contributed by atoms with Gasteiger partial charge in [-0.15, -0.1) is 0 Å². The van der Waals surface area contributed by atoms with Crippen LogP contribution in [0.5, 0.6) is 0 Å². The molecule has 0 unspecified atom stereocenters. The molecule has 0 N–H and O–H groups in total. The molecule has 0 bridgehead atoms. The Morgan fingerprint density at radius 1 is 0.741 bits per heavy atom. The quantitative estimate of drug-likeness (QED) is 0.612. The van der Waals surface area contributed by atoms with Gasteiger partial charge in [0, 0.05) is 40.8 Å². The smallest absolute Gasteiger partial charge is 0.0627 e. The standard InChI is InChI=1S/C20H31N7/c1-7-8-17-11-20(26(6)23-17)14-27(12-18-9-15(2)21-24(18)4)13-19-10-16(3)22-25(19)5/h9-11H,7-8,12-14H2,1-6H3. The van der Waals surface area contributed by atoms with Gasteiger partial charge in [-0.05, 0) is 38.5 Å². The fourth-order valence-corrected chi connectivity index (χ4v) is 3.58. The number of hydrogen-bond acceptors (Lipinski definition) is 4. The Labute approximate surface area is 161 Å². The SMILES string of the molecule is CCCc1cc(CN(Cc2cc(C)nn2C)Cc2cc(C)nn2C)n(C)n1. The first kappa shape index (κ1) is 19.4. The Morgan fingerprint density at radius 3 is 1.59 bits per heavy atom. The van der Waals surface area contributed by atoms with Crippen molar-refractivity contribution in [3.8, 4) is 0 Å². The Balaban J connectivity index is 1.84. The van der Waals surface area contributed by atoms with Crippen LogP contribution in [0.25, 0.3) is 0 Å². The highest BCUT2D eigenvalue weighted by atomic mass is 15.3. The van der Waals surface area contributed by atoms with Crippen LogP contribution in [0.2, 0.25) is 0 Å². The van der Waals surface area contributed by atoms with E-state index in [2.05, 4.69) is 45.3 Å². The molecule has 0 radical (unpaired) electrons. The molecule has 0 amide bonds. The minimum absolute atomic E-state index is 0.829. The van der Waals surface area contributed by atoms with Crippen molar-refractivity contribution in [1.82, 2.24) is 34.2 Å². The second-order valence-electron chi connectivity index (χ2n) is 7.45. The van der Waals surface area contributed by atoms with Crippen LogP contribution in [-0.2, 0) is 47.2 Å². The summed E-state index contributed by atoms with van der Waals surface area (Å²) in [7, 11) is 6.06. The molecule has 7 heteroatoms. The molecule has 0 aromatic carbocycles. The van der Waals surface area contributed by atoms with Crippen LogP contribution in [0.15, 0.2) is 18.2 Å². The molecule has 0 saturated carbocycles. The maximum absolute atomic E-state index is 4.67. The molecule has 146 valence electrons. The summed E-state index contributed by atoms with van der Waals surface area (Å²) in [6.07, 6.45) is 2.14. The number of aromatic nitrogens is 6. The molecule has 0 saturated heterocycles. The zero-order valence-corrected chi connectivity index (χ0v) is 17.4. The molecule has 3 aromatic rings.